The summed E-state index contributed by atoms with van der Waals surface area (Å²) in [4.78, 5) is 0. The number of fused-ring (bicyclic) bond motifs is 1. The minimum atomic E-state index is -3.37. The van der Waals surface area contributed by atoms with Gasteiger partial charge in [-0.25, -0.2) is 22.0 Å². The Labute approximate surface area is 214 Å². The second-order valence-corrected chi connectivity index (χ2v) is 8.66. The summed E-state index contributed by atoms with van der Waals surface area (Å²) in [6.45, 7) is -1.37. The zero-order valence-electron chi connectivity index (χ0n) is 20.3. The summed E-state index contributed by atoms with van der Waals surface area (Å²) in [6.07, 6.45) is 0.588. The molecule has 0 fully saturated rings. The lowest BCUT2D eigenvalue weighted by molar-refractivity contribution is -0.0546. The third-order valence-corrected chi connectivity index (χ3v) is 6.14. The number of hydrogen-bond donors (Lipinski definition) is 0. The molecule has 0 N–H and O–H groups in total. The molecule has 0 aromatic heterocycles. The topological polar surface area (TPSA) is 18.5 Å². The molecule has 0 atom stereocenters. The number of alkyl halides is 2. The van der Waals surface area contributed by atoms with Crippen LogP contribution in [0.3, 0.4) is 0 Å². The van der Waals surface area contributed by atoms with Gasteiger partial charge in [-0.2, -0.15) is 8.78 Å². The van der Waals surface area contributed by atoms with Crippen LogP contribution in [-0.2, 0) is 25.7 Å². The van der Waals surface area contributed by atoms with Crippen LogP contribution in [0, 0.1) is 29.1 Å². The van der Waals surface area contributed by atoms with Gasteiger partial charge in [-0.05, 0) is 66.8 Å². The highest BCUT2D eigenvalue weighted by Crippen LogP contribution is 2.28. The fourth-order valence-corrected chi connectivity index (χ4v) is 4.31. The van der Waals surface area contributed by atoms with Crippen molar-refractivity contribution >= 4 is 10.8 Å². The Balaban J connectivity index is 1.46. The van der Waals surface area contributed by atoms with Crippen molar-refractivity contribution in [1.29, 1.82) is 0 Å². The smallest absolute Gasteiger partial charge is 0.387 e. The van der Waals surface area contributed by atoms with Gasteiger partial charge in [0.05, 0.1) is 6.61 Å². The fraction of sp³-hybridized carbons (Fsp3) is 0.241. The molecule has 2 nitrogen and oxygen atoms in total. The molecule has 0 saturated carbocycles. The minimum absolute atomic E-state index is 0.0581. The molecular weight excluding hydrogens is 513 g/mol. The zero-order valence-corrected chi connectivity index (χ0v) is 20.3. The van der Waals surface area contributed by atoms with Crippen molar-refractivity contribution in [3.63, 3.8) is 0 Å². The highest BCUT2D eigenvalue weighted by molar-refractivity contribution is 5.84. The molecule has 0 aliphatic heterocycles. The van der Waals surface area contributed by atoms with E-state index in [1.807, 2.05) is 0 Å². The van der Waals surface area contributed by atoms with Gasteiger partial charge >= 0.3 is 6.61 Å². The van der Waals surface area contributed by atoms with Crippen molar-refractivity contribution in [2.45, 2.75) is 39.2 Å². The number of benzene rings is 4. The molecule has 200 valence electrons. The SMILES string of the molecule is CCOc1cc(F)c(CCc2ccc3c(F)c(CCc4cc(F)c(OC(F)F)c(F)c4)ccc3c2)c(F)c1. The van der Waals surface area contributed by atoms with E-state index >= 15 is 4.39 Å². The Kier molecular flexibility index (Phi) is 8.44. The van der Waals surface area contributed by atoms with E-state index in [-0.39, 0.29) is 42.7 Å². The van der Waals surface area contributed by atoms with Crippen LogP contribution in [0.2, 0.25) is 0 Å². The first-order valence-electron chi connectivity index (χ1n) is 11.9. The first-order valence-corrected chi connectivity index (χ1v) is 11.9. The summed E-state index contributed by atoms with van der Waals surface area (Å²) >= 11 is 0. The third-order valence-electron chi connectivity index (χ3n) is 6.14. The Morgan fingerprint density at radius 3 is 1.97 bits per heavy atom. The molecule has 0 aliphatic carbocycles. The number of aryl methyl sites for hydroxylation is 3. The number of hydrogen-bond acceptors (Lipinski definition) is 2. The Hall–Kier alpha value is -3.75. The minimum Gasteiger partial charge on any atom is -0.494 e. The van der Waals surface area contributed by atoms with Gasteiger partial charge in [0, 0.05) is 23.1 Å². The lowest BCUT2D eigenvalue weighted by atomic mass is 9.97. The van der Waals surface area contributed by atoms with Crippen molar-refractivity contribution in [3.05, 3.63) is 106 Å². The van der Waals surface area contributed by atoms with Crippen molar-refractivity contribution < 1.29 is 40.2 Å². The lowest BCUT2D eigenvalue weighted by Gasteiger charge is -2.11. The summed E-state index contributed by atoms with van der Waals surface area (Å²) in [5, 5.41) is 0.907. The Morgan fingerprint density at radius 2 is 1.34 bits per heavy atom. The second-order valence-electron chi connectivity index (χ2n) is 8.66. The molecule has 9 heteroatoms. The summed E-state index contributed by atoms with van der Waals surface area (Å²) < 4.78 is 105. The van der Waals surface area contributed by atoms with E-state index < -0.39 is 41.4 Å². The van der Waals surface area contributed by atoms with E-state index in [1.54, 1.807) is 37.3 Å². The molecule has 0 unspecified atom stereocenters. The maximum atomic E-state index is 15.2. The molecule has 0 saturated heterocycles. The monoisotopic (exact) mass is 536 g/mol. The van der Waals surface area contributed by atoms with Crippen molar-refractivity contribution in [1.82, 2.24) is 0 Å². The van der Waals surface area contributed by atoms with Gasteiger partial charge in [0.1, 0.15) is 23.2 Å². The standard InChI is InChI=1S/C29H23F7O2/c1-2-37-20-14-23(30)22(24(31)15-20)10-5-16-4-9-21-19(11-16)8-7-18(27(21)34)6-3-17-12-25(32)28(26(33)13-17)38-29(35)36/h4,7-9,11-15,29H,2-3,5-6,10H2,1H3. The zero-order chi connectivity index (χ0) is 27.4. The van der Waals surface area contributed by atoms with Gasteiger partial charge in [-0.1, -0.05) is 30.3 Å². The summed E-state index contributed by atoms with van der Waals surface area (Å²) in [5.74, 6) is -5.47. The van der Waals surface area contributed by atoms with Gasteiger partial charge in [-0.3, -0.25) is 0 Å². The molecule has 0 aliphatic rings. The van der Waals surface area contributed by atoms with Crippen LogP contribution in [0.5, 0.6) is 11.5 Å². The molecule has 4 rings (SSSR count). The average Bonchev–Trinajstić information content (AvgIpc) is 2.85. The first-order chi connectivity index (χ1) is 18.2. The van der Waals surface area contributed by atoms with Crippen LogP contribution in [0.1, 0.15) is 29.2 Å². The maximum absolute atomic E-state index is 15.2. The maximum Gasteiger partial charge on any atom is 0.387 e. The van der Waals surface area contributed by atoms with E-state index in [0.29, 0.717) is 22.8 Å². The predicted octanol–water partition coefficient (Wildman–Crippen LogP) is 8.11. The highest BCUT2D eigenvalue weighted by atomic mass is 19.3. The summed E-state index contributed by atoms with van der Waals surface area (Å²) in [6, 6.07) is 12.3. The first kappa shape index (κ1) is 27.3. The fourth-order valence-electron chi connectivity index (χ4n) is 4.31. The molecule has 4 aromatic carbocycles. The molecule has 0 radical (unpaired) electrons. The summed E-state index contributed by atoms with van der Waals surface area (Å²) in [5.41, 5.74) is 1.16. The predicted molar refractivity (Wildman–Crippen MR) is 129 cm³/mol. The molecule has 38 heavy (non-hydrogen) atoms. The van der Waals surface area contributed by atoms with Crippen LogP contribution < -0.4 is 9.47 Å². The van der Waals surface area contributed by atoms with E-state index in [4.69, 9.17) is 4.74 Å². The van der Waals surface area contributed by atoms with Gasteiger partial charge in [0.25, 0.3) is 0 Å². The Bertz CT molecular complexity index is 1410. The average molecular weight is 536 g/mol. The number of ether oxygens (including phenoxy) is 2. The lowest BCUT2D eigenvalue weighted by Crippen LogP contribution is -2.06. The second kappa shape index (κ2) is 11.8. The van der Waals surface area contributed by atoms with E-state index in [9.17, 15) is 26.3 Å². The normalized spacial score (nSPS) is 11.4. The van der Waals surface area contributed by atoms with E-state index in [1.165, 1.54) is 0 Å². The van der Waals surface area contributed by atoms with Gasteiger partial charge in [0.15, 0.2) is 17.4 Å². The van der Waals surface area contributed by atoms with E-state index in [2.05, 4.69) is 4.74 Å². The van der Waals surface area contributed by atoms with Gasteiger partial charge < -0.3 is 9.47 Å². The van der Waals surface area contributed by atoms with Gasteiger partial charge in [0.2, 0.25) is 0 Å². The van der Waals surface area contributed by atoms with Gasteiger partial charge in [-0.15, -0.1) is 0 Å². The van der Waals surface area contributed by atoms with Crippen molar-refractivity contribution in [2.75, 3.05) is 6.61 Å². The molecule has 0 spiro atoms. The van der Waals surface area contributed by atoms with E-state index in [0.717, 1.165) is 29.8 Å². The Morgan fingerprint density at radius 1 is 0.684 bits per heavy atom. The summed E-state index contributed by atoms with van der Waals surface area (Å²) in [7, 11) is 0. The molecule has 0 heterocycles. The van der Waals surface area contributed by atoms with Crippen molar-refractivity contribution in [3.8, 4) is 11.5 Å². The molecule has 0 bridgehead atoms. The quantitative estimate of drug-likeness (QED) is 0.191. The number of halogens is 7. The molecule has 4 aromatic rings. The van der Waals surface area contributed by atoms with Crippen LogP contribution in [-0.4, -0.2) is 13.2 Å². The largest absolute Gasteiger partial charge is 0.494 e. The van der Waals surface area contributed by atoms with Crippen LogP contribution in [0.4, 0.5) is 30.7 Å². The highest BCUT2D eigenvalue weighted by Gasteiger charge is 2.18. The number of rotatable bonds is 10. The van der Waals surface area contributed by atoms with Crippen LogP contribution >= 0.6 is 0 Å². The molecular formula is C29H23F7O2. The molecule has 0 amide bonds. The van der Waals surface area contributed by atoms with Crippen LogP contribution in [0.15, 0.2) is 54.6 Å². The van der Waals surface area contributed by atoms with Crippen molar-refractivity contribution in [2.24, 2.45) is 0 Å². The van der Waals surface area contributed by atoms with Crippen LogP contribution in [0.25, 0.3) is 10.8 Å². The third kappa shape index (κ3) is 6.20.